The van der Waals surface area contributed by atoms with Crippen LogP contribution >= 0.6 is 0 Å². The predicted molar refractivity (Wildman–Crippen MR) is 80.2 cm³/mol. The predicted octanol–water partition coefficient (Wildman–Crippen LogP) is 2.50. The zero-order chi connectivity index (χ0) is 13.9. The maximum absolute atomic E-state index is 6.07. The first-order valence-electron chi connectivity index (χ1n) is 7.95. The van der Waals surface area contributed by atoms with Gasteiger partial charge in [0.2, 0.25) is 0 Å². The van der Waals surface area contributed by atoms with E-state index in [4.69, 9.17) is 10.5 Å². The van der Waals surface area contributed by atoms with Crippen molar-refractivity contribution in [3.63, 3.8) is 0 Å². The van der Waals surface area contributed by atoms with Crippen molar-refractivity contribution in [3.8, 4) is 0 Å². The van der Waals surface area contributed by atoms with Crippen LogP contribution in [0.25, 0.3) is 0 Å². The van der Waals surface area contributed by atoms with Crippen LogP contribution < -0.4 is 5.73 Å². The van der Waals surface area contributed by atoms with E-state index in [1.165, 1.54) is 32.5 Å². The summed E-state index contributed by atoms with van der Waals surface area (Å²) < 4.78 is 5.50. The summed E-state index contributed by atoms with van der Waals surface area (Å²) in [5, 5.41) is 0. The number of hydrogen-bond donors (Lipinski definition) is 1. The molecule has 0 aromatic rings. The zero-order valence-electron chi connectivity index (χ0n) is 13.1. The average molecular weight is 268 g/mol. The zero-order valence-corrected chi connectivity index (χ0v) is 13.1. The van der Waals surface area contributed by atoms with Crippen LogP contribution in [0, 0.1) is 16.7 Å². The summed E-state index contributed by atoms with van der Waals surface area (Å²) in [5.41, 5.74) is 6.86. The first kappa shape index (κ1) is 15.3. The molecule has 3 heteroatoms. The third kappa shape index (κ3) is 3.93. The molecular weight excluding hydrogens is 236 g/mol. The monoisotopic (exact) mass is 268 g/mol. The molecule has 2 heterocycles. The second-order valence-corrected chi connectivity index (χ2v) is 7.73. The lowest BCUT2D eigenvalue weighted by atomic mass is 9.74. The maximum atomic E-state index is 6.07. The van der Waals surface area contributed by atoms with Crippen LogP contribution in [0.2, 0.25) is 0 Å². The Balaban J connectivity index is 1.84. The number of nitrogens with two attached hydrogens (primary N) is 1. The molecule has 0 atom stereocenters. The van der Waals surface area contributed by atoms with Crippen molar-refractivity contribution in [3.05, 3.63) is 0 Å². The molecule has 3 nitrogen and oxygen atoms in total. The van der Waals surface area contributed by atoms with Gasteiger partial charge in [0.15, 0.2) is 0 Å². The topological polar surface area (TPSA) is 38.5 Å². The van der Waals surface area contributed by atoms with Crippen molar-refractivity contribution in [1.82, 2.24) is 4.90 Å². The second kappa shape index (κ2) is 6.11. The van der Waals surface area contributed by atoms with Crippen LogP contribution in [-0.2, 0) is 4.74 Å². The highest BCUT2D eigenvalue weighted by Crippen LogP contribution is 2.36. The highest BCUT2D eigenvalue weighted by molar-refractivity contribution is 4.88. The quantitative estimate of drug-likeness (QED) is 0.854. The number of rotatable bonds is 3. The molecule has 0 amide bonds. The molecule has 0 spiro atoms. The van der Waals surface area contributed by atoms with Crippen LogP contribution in [-0.4, -0.2) is 44.3 Å². The fourth-order valence-electron chi connectivity index (χ4n) is 3.66. The number of piperidine rings is 1. The van der Waals surface area contributed by atoms with E-state index in [0.717, 1.165) is 38.5 Å². The average Bonchev–Trinajstić information content (AvgIpc) is 2.39. The Labute approximate surface area is 118 Å². The first-order chi connectivity index (χ1) is 8.95. The number of likely N-dealkylation sites (tertiary alicyclic amines) is 1. The molecule has 2 aliphatic rings. The number of ether oxygens (including phenoxy) is 1. The Morgan fingerprint density at radius 1 is 1.16 bits per heavy atom. The van der Waals surface area contributed by atoms with Gasteiger partial charge in [-0.05, 0) is 62.1 Å². The summed E-state index contributed by atoms with van der Waals surface area (Å²) in [4.78, 5) is 2.65. The smallest absolute Gasteiger partial charge is 0.0472 e. The lowest BCUT2D eigenvalue weighted by Gasteiger charge is -2.44. The molecular formula is C16H32N2O. The van der Waals surface area contributed by atoms with Crippen molar-refractivity contribution < 1.29 is 4.74 Å². The molecule has 2 N–H and O–H groups in total. The molecule has 2 rings (SSSR count). The molecule has 2 saturated heterocycles. The minimum Gasteiger partial charge on any atom is -0.381 e. The van der Waals surface area contributed by atoms with Crippen molar-refractivity contribution in [1.29, 1.82) is 0 Å². The molecule has 0 aliphatic carbocycles. The molecule has 2 fully saturated rings. The summed E-state index contributed by atoms with van der Waals surface area (Å²) in [7, 11) is 0. The second-order valence-electron chi connectivity index (χ2n) is 7.73. The van der Waals surface area contributed by atoms with E-state index >= 15 is 0 Å². The summed E-state index contributed by atoms with van der Waals surface area (Å²) in [6.45, 7) is 13.5. The van der Waals surface area contributed by atoms with Gasteiger partial charge in [0.1, 0.15) is 0 Å². The van der Waals surface area contributed by atoms with Gasteiger partial charge in [-0.25, -0.2) is 0 Å². The molecule has 112 valence electrons. The van der Waals surface area contributed by atoms with Crippen molar-refractivity contribution >= 4 is 0 Å². The summed E-state index contributed by atoms with van der Waals surface area (Å²) in [6, 6.07) is 0. The Kier molecular flexibility index (Phi) is 4.91. The summed E-state index contributed by atoms with van der Waals surface area (Å²) in [6.07, 6.45) is 4.98. The molecule has 0 saturated carbocycles. The molecule has 0 bridgehead atoms. The van der Waals surface area contributed by atoms with Gasteiger partial charge in [-0.1, -0.05) is 20.8 Å². The van der Waals surface area contributed by atoms with Gasteiger partial charge >= 0.3 is 0 Å². The van der Waals surface area contributed by atoms with Crippen molar-refractivity contribution in [2.75, 3.05) is 39.4 Å². The van der Waals surface area contributed by atoms with Crippen LogP contribution in [0.1, 0.15) is 46.5 Å². The Bertz CT molecular complexity index is 271. The van der Waals surface area contributed by atoms with E-state index in [9.17, 15) is 0 Å². The van der Waals surface area contributed by atoms with E-state index in [1.54, 1.807) is 0 Å². The van der Waals surface area contributed by atoms with Crippen molar-refractivity contribution in [2.24, 2.45) is 22.5 Å². The van der Waals surface area contributed by atoms with Gasteiger partial charge in [0.25, 0.3) is 0 Å². The van der Waals surface area contributed by atoms with Crippen LogP contribution in [0.5, 0.6) is 0 Å². The largest absolute Gasteiger partial charge is 0.381 e. The van der Waals surface area contributed by atoms with Gasteiger partial charge in [-0.15, -0.1) is 0 Å². The Hall–Kier alpha value is -0.120. The number of nitrogens with zero attached hydrogens (tertiary/aromatic N) is 1. The fourth-order valence-corrected chi connectivity index (χ4v) is 3.66. The third-order valence-corrected chi connectivity index (χ3v) is 5.36. The highest BCUT2D eigenvalue weighted by atomic mass is 16.5. The molecule has 0 aromatic carbocycles. The van der Waals surface area contributed by atoms with Gasteiger partial charge < -0.3 is 15.4 Å². The maximum Gasteiger partial charge on any atom is 0.0472 e. The minimum atomic E-state index is 0.326. The summed E-state index contributed by atoms with van der Waals surface area (Å²) >= 11 is 0. The van der Waals surface area contributed by atoms with Gasteiger partial charge in [0, 0.05) is 19.8 Å². The number of hydrogen-bond acceptors (Lipinski definition) is 3. The van der Waals surface area contributed by atoms with Gasteiger partial charge in [0.05, 0.1) is 0 Å². The lowest BCUT2D eigenvalue weighted by Crippen LogP contribution is -2.48. The van der Waals surface area contributed by atoms with Crippen LogP contribution in [0.15, 0.2) is 0 Å². The summed E-state index contributed by atoms with van der Waals surface area (Å²) in [5.74, 6) is 0.882. The van der Waals surface area contributed by atoms with E-state index in [-0.39, 0.29) is 0 Å². The Morgan fingerprint density at radius 3 is 2.21 bits per heavy atom. The van der Waals surface area contributed by atoms with E-state index in [0.29, 0.717) is 10.8 Å². The molecule has 2 aliphatic heterocycles. The SMILES string of the molecule is CC(C)(C)C1CCN(CC2(CN)CCOCC2)CC1. The van der Waals surface area contributed by atoms with E-state index in [2.05, 4.69) is 25.7 Å². The standard InChI is InChI=1S/C16H32N2O/c1-15(2,3)14-4-8-18(9-5-14)13-16(12-17)6-10-19-11-7-16/h14H,4-13,17H2,1-3H3. The van der Waals surface area contributed by atoms with E-state index in [1.807, 2.05) is 0 Å². The normalized spacial score (nSPS) is 26.5. The first-order valence-corrected chi connectivity index (χ1v) is 7.95. The van der Waals surface area contributed by atoms with Crippen molar-refractivity contribution in [2.45, 2.75) is 46.5 Å². The lowest BCUT2D eigenvalue weighted by molar-refractivity contribution is -0.00944. The third-order valence-electron chi connectivity index (χ3n) is 5.36. The highest BCUT2D eigenvalue weighted by Gasteiger charge is 2.35. The van der Waals surface area contributed by atoms with Gasteiger partial charge in [-0.3, -0.25) is 0 Å². The molecule has 0 radical (unpaired) electrons. The van der Waals surface area contributed by atoms with E-state index < -0.39 is 0 Å². The minimum absolute atomic E-state index is 0.326. The molecule has 0 unspecified atom stereocenters. The fraction of sp³-hybridized carbons (Fsp3) is 1.00. The molecule has 19 heavy (non-hydrogen) atoms. The van der Waals surface area contributed by atoms with Gasteiger partial charge in [-0.2, -0.15) is 0 Å². The van der Waals surface area contributed by atoms with Crippen LogP contribution in [0.4, 0.5) is 0 Å². The molecule has 0 aromatic heterocycles. The van der Waals surface area contributed by atoms with Crippen LogP contribution in [0.3, 0.4) is 0 Å². The Morgan fingerprint density at radius 2 is 1.74 bits per heavy atom.